The Kier molecular flexibility index (Phi) is 6.04. The Hall–Kier alpha value is -3.44. The lowest BCUT2D eigenvalue weighted by Gasteiger charge is -2.07. The summed E-state index contributed by atoms with van der Waals surface area (Å²) < 4.78 is 39.5. The molecule has 10 nitrogen and oxygen atoms in total. The van der Waals surface area contributed by atoms with Crippen LogP contribution in [0.3, 0.4) is 0 Å². The number of esters is 1. The number of non-ortho nitro benzene ring substituents is 1. The van der Waals surface area contributed by atoms with E-state index in [0.29, 0.717) is 16.8 Å². The third-order valence-corrected chi connectivity index (χ3v) is 5.91. The second-order valence-corrected chi connectivity index (χ2v) is 8.06. The van der Waals surface area contributed by atoms with Gasteiger partial charge < -0.3 is 14.0 Å². The highest BCUT2D eigenvalue weighted by Gasteiger charge is 2.23. The van der Waals surface area contributed by atoms with Gasteiger partial charge in [0.15, 0.2) is 0 Å². The van der Waals surface area contributed by atoms with E-state index in [9.17, 15) is 23.3 Å². The van der Waals surface area contributed by atoms with Crippen molar-refractivity contribution >= 4 is 32.6 Å². The Labute approximate surface area is 172 Å². The van der Waals surface area contributed by atoms with Crippen LogP contribution in [0, 0.1) is 10.1 Å². The van der Waals surface area contributed by atoms with Crippen LogP contribution in [0.4, 0.5) is 5.69 Å². The Morgan fingerprint density at radius 3 is 2.47 bits per heavy atom. The van der Waals surface area contributed by atoms with Crippen molar-refractivity contribution in [1.29, 1.82) is 0 Å². The minimum atomic E-state index is -4.04. The van der Waals surface area contributed by atoms with Gasteiger partial charge in [-0.25, -0.2) is 13.1 Å². The summed E-state index contributed by atoms with van der Waals surface area (Å²) in [6.07, 6.45) is 1.27. The average Bonchev–Trinajstić information content (AvgIpc) is 3.11. The molecule has 1 aromatic heterocycles. The number of nitro groups is 1. The molecule has 3 rings (SSSR count). The van der Waals surface area contributed by atoms with Crippen molar-refractivity contribution in [2.45, 2.75) is 18.0 Å². The smallest absolute Gasteiger partial charge is 0.325 e. The minimum absolute atomic E-state index is 0.00489. The van der Waals surface area contributed by atoms with E-state index < -0.39 is 20.9 Å². The van der Waals surface area contributed by atoms with Gasteiger partial charge in [0.05, 0.1) is 24.7 Å². The second kappa shape index (κ2) is 8.51. The minimum Gasteiger partial charge on any atom is -0.497 e. The van der Waals surface area contributed by atoms with Gasteiger partial charge in [0, 0.05) is 30.3 Å². The number of sulfonamides is 1. The molecule has 3 aromatic rings. The van der Waals surface area contributed by atoms with Gasteiger partial charge in [0.1, 0.15) is 17.2 Å². The highest BCUT2D eigenvalue weighted by atomic mass is 32.2. The molecule has 0 aliphatic carbocycles. The molecule has 11 heteroatoms. The molecule has 0 saturated carbocycles. The van der Waals surface area contributed by atoms with Crippen LogP contribution in [-0.4, -0.2) is 38.1 Å². The summed E-state index contributed by atoms with van der Waals surface area (Å²) in [4.78, 5) is 22.1. The maximum atomic E-state index is 13.0. The molecular weight excluding hydrogens is 414 g/mol. The molecule has 0 saturated heterocycles. The lowest BCUT2D eigenvalue weighted by molar-refractivity contribution is -0.384. The molecule has 0 unspecified atom stereocenters. The molecule has 0 spiro atoms. The number of benzene rings is 2. The van der Waals surface area contributed by atoms with Crippen LogP contribution >= 0.6 is 0 Å². The largest absolute Gasteiger partial charge is 0.497 e. The van der Waals surface area contributed by atoms with Crippen LogP contribution < -0.4 is 9.46 Å². The highest BCUT2D eigenvalue weighted by Crippen LogP contribution is 2.29. The average molecular weight is 433 g/mol. The van der Waals surface area contributed by atoms with E-state index in [0.717, 1.165) is 0 Å². The molecule has 1 N–H and O–H groups in total. The molecule has 1 heterocycles. The predicted octanol–water partition coefficient (Wildman–Crippen LogP) is 2.21. The number of carbonyl (C=O) groups is 1. The molecule has 0 atom stereocenters. The quantitative estimate of drug-likeness (QED) is 0.327. The summed E-state index contributed by atoms with van der Waals surface area (Å²) in [6, 6.07) is 10.7. The first kappa shape index (κ1) is 21.3. The number of fused-ring (bicyclic) bond motifs is 1. The third-order valence-electron chi connectivity index (χ3n) is 4.48. The lowest BCUT2D eigenvalue weighted by atomic mass is 10.2. The van der Waals surface area contributed by atoms with Gasteiger partial charge >= 0.3 is 5.97 Å². The van der Waals surface area contributed by atoms with Crippen molar-refractivity contribution < 1.29 is 27.6 Å². The maximum Gasteiger partial charge on any atom is 0.325 e. The van der Waals surface area contributed by atoms with E-state index in [1.165, 1.54) is 43.2 Å². The number of carbonyl (C=O) groups excluding carboxylic acids is 1. The van der Waals surface area contributed by atoms with Crippen molar-refractivity contribution in [3.8, 4) is 5.75 Å². The number of ether oxygens (including phenoxy) is 2. The number of nitrogens with zero attached hydrogens (tertiary/aromatic N) is 2. The fourth-order valence-electron chi connectivity index (χ4n) is 2.91. The summed E-state index contributed by atoms with van der Waals surface area (Å²) in [5.74, 6) is 0.0557. The molecule has 0 radical (unpaired) electrons. The molecule has 158 valence electrons. The highest BCUT2D eigenvalue weighted by molar-refractivity contribution is 7.89. The van der Waals surface area contributed by atoms with Crippen molar-refractivity contribution in [3.63, 3.8) is 0 Å². The van der Waals surface area contributed by atoms with Crippen molar-refractivity contribution in [2.75, 3.05) is 14.2 Å². The molecular formula is C19H19N3O7S. The first-order chi connectivity index (χ1) is 14.2. The van der Waals surface area contributed by atoms with Crippen molar-refractivity contribution in [1.82, 2.24) is 9.29 Å². The number of methoxy groups -OCH3 is 2. The fourth-order valence-corrected chi connectivity index (χ4v) is 4.15. The predicted molar refractivity (Wildman–Crippen MR) is 108 cm³/mol. The van der Waals surface area contributed by atoms with Gasteiger partial charge in [0.2, 0.25) is 10.0 Å². The summed E-state index contributed by atoms with van der Waals surface area (Å²) in [5, 5.41) is 11.3. The lowest BCUT2D eigenvalue weighted by Crippen LogP contribution is -2.23. The van der Waals surface area contributed by atoms with E-state index in [1.54, 1.807) is 24.3 Å². The topological polar surface area (TPSA) is 130 Å². The Balaban J connectivity index is 1.99. The van der Waals surface area contributed by atoms with E-state index in [-0.39, 0.29) is 29.1 Å². The number of nitrogens with one attached hydrogen (secondary N) is 1. The normalized spacial score (nSPS) is 11.4. The number of hydrogen-bond donors (Lipinski definition) is 1. The SMILES string of the molecule is COC(=O)Cn1cc(S(=O)(=O)NCc2ccc(OC)cc2)c2cc([N+](=O)[O-])ccc21. The molecule has 0 aliphatic rings. The van der Waals surface area contributed by atoms with Gasteiger partial charge in [-0.1, -0.05) is 12.1 Å². The van der Waals surface area contributed by atoms with Crippen molar-refractivity contribution in [2.24, 2.45) is 0 Å². The first-order valence-electron chi connectivity index (χ1n) is 8.72. The third kappa shape index (κ3) is 4.42. The van der Waals surface area contributed by atoms with Gasteiger partial charge in [0.25, 0.3) is 5.69 Å². The molecule has 0 amide bonds. The van der Waals surface area contributed by atoms with E-state index in [1.807, 2.05) is 0 Å². The van der Waals surface area contributed by atoms with Crippen LogP contribution in [0.2, 0.25) is 0 Å². The fraction of sp³-hybridized carbons (Fsp3) is 0.211. The van der Waals surface area contributed by atoms with Gasteiger partial charge in [-0.2, -0.15) is 0 Å². The number of rotatable bonds is 8. The van der Waals surface area contributed by atoms with Crippen LogP contribution in [0.25, 0.3) is 10.9 Å². The standard InChI is InChI=1S/C19H19N3O7S/c1-28-15-6-3-13(4-7-15)10-20-30(26,27)18-11-21(12-19(23)29-2)17-8-5-14(22(24)25)9-16(17)18/h3-9,11,20H,10,12H2,1-2H3. The molecule has 0 fully saturated rings. The summed E-state index contributed by atoms with van der Waals surface area (Å²) in [7, 11) is -1.30. The Morgan fingerprint density at radius 2 is 1.87 bits per heavy atom. The Morgan fingerprint density at radius 1 is 1.17 bits per heavy atom. The van der Waals surface area contributed by atoms with Gasteiger partial charge in [-0.15, -0.1) is 0 Å². The van der Waals surface area contributed by atoms with Gasteiger partial charge in [-0.3, -0.25) is 14.9 Å². The van der Waals surface area contributed by atoms with Crippen LogP contribution in [0.15, 0.2) is 53.6 Å². The Bertz CT molecular complexity index is 1200. The zero-order valence-electron chi connectivity index (χ0n) is 16.2. The van der Waals surface area contributed by atoms with Crippen LogP contribution in [-0.2, 0) is 32.6 Å². The number of aromatic nitrogens is 1. The zero-order chi connectivity index (χ0) is 21.9. The summed E-state index contributed by atoms with van der Waals surface area (Å²) >= 11 is 0. The molecule has 0 aliphatic heterocycles. The first-order valence-corrected chi connectivity index (χ1v) is 10.2. The molecule has 0 bridgehead atoms. The van der Waals surface area contributed by atoms with E-state index >= 15 is 0 Å². The second-order valence-electron chi connectivity index (χ2n) is 6.33. The maximum absolute atomic E-state index is 13.0. The molecule has 2 aromatic carbocycles. The summed E-state index contributed by atoms with van der Waals surface area (Å²) in [6.45, 7) is -0.232. The van der Waals surface area contributed by atoms with Crippen molar-refractivity contribution in [3.05, 3.63) is 64.3 Å². The number of hydrogen-bond acceptors (Lipinski definition) is 7. The van der Waals surface area contributed by atoms with E-state index in [2.05, 4.69) is 9.46 Å². The van der Waals surface area contributed by atoms with Crippen LogP contribution in [0.5, 0.6) is 5.75 Å². The number of nitro benzene ring substituents is 1. The molecule has 30 heavy (non-hydrogen) atoms. The van der Waals surface area contributed by atoms with Gasteiger partial charge in [-0.05, 0) is 23.8 Å². The summed E-state index contributed by atoms with van der Waals surface area (Å²) in [5.41, 5.74) is 0.796. The van der Waals surface area contributed by atoms with Crippen LogP contribution in [0.1, 0.15) is 5.56 Å². The monoisotopic (exact) mass is 433 g/mol. The zero-order valence-corrected chi connectivity index (χ0v) is 17.0. The van der Waals surface area contributed by atoms with E-state index in [4.69, 9.17) is 4.74 Å².